The number of aromatic amines is 1. The Morgan fingerprint density at radius 1 is 1.18 bits per heavy atom. The van der Waals surface area contributed by atoms with Gasteiger partial charge in [-0.15, -0.1) is 0 Å². The first-order chi connectivity index (χ1) is 13.5. The number of rotatable bonds is 6. The van der Waals surface area contributed by atoms with E-state index in [-0.39, 0.29) is 23.3 Å². The summed E-state index contributed by atoms with van der Waals surface area (Å²) in [5.74, 6) is 1.98. The predicted molar refractivity (Wildman–Crippen MR) is 106 cm³/mol. The minimum Gasteiger partial charge on any atom is -0.493 e. The van der Waals surface area contributed by atoms with Crippen LogP contribution in [0.5, 0.6) is 11.5 Å². The number of nitrogens with zero attached hydrogens (tertiary/aromatic N) is 2. The number of hydrogen-bond donors (Lipinski definition) is 1. The van der Waals surface area contributed by atoms with Crippen LogP contribution in [0.15, 0.2) is 29.1 Å². The van der Waals surface area contributed by atoms with E-state index in [2.05, 4.69) is 9.97 Å². The van der Waals surface area contributed by atoms with Crippen LogP contribution in [0, 0.1) is 6.92 Å². The van der Waals surface area contributed by atoms with Crippen molar-refractivity contribution in [3.63, 3.8) is 0 Å². The van der Waals surface area contributed by atoms with Gasteiger partial charge in [-0.25, -0.2) is 4.98 Å². The summed E-state index contributed by atoms with van der Waals surface area (Å²) >= 11 is 0. The molecule has 1 aromatic heterocycles. The molecule has 0 saturated carbocycles. The van der Waals surface area contributed by atoms with Crippen LogP contribution in [0.3, 0.4) is 0 Å². The second-order valence-electron chi connectivity index (χ2n) is 7.13. The SMILES string of the molecule is CCCC(=O)N1C[C@@H](c2ccc(OC)c(OC)c2)[C@H](c2cc(=O)[nH]c(C)n2)C1. The molecule has 7 nitrogen and oxygen atoms in total. The van der Waals surface area contributed by atoms with Gasteiger partial charge in [0.05, 0.1) is 19.9 Å². The molecule has 1 saturated heterocycles. The van der Waals surface area contributed by atoms with Crippen molar-refractivity contribution in [1.29, 1.82) is 0 Å². The molecule has 0 aliphatic carbocycles. The van der Waals surface area contributed by atoms with Crippen molar-refractivity contribution in [2.45, 2.75) is 38.5 Å². The van der Waals surface area contributed by atoms with E-state index in [0.29, 0.717) is 42.5 Å². The summed E-state index contributed by atoms with van der Waals surface area (Å²) in [4.78, 5) is 33.7. The first-order valence-electron chi connectivity index (χ1n) is 9.54. The Balaban J connectivity index is 2.01. The molecule has 150 valence electrons. The molecule has 0 bridgehead atoms. The first-order valence-corrected chi connectivity index (χ1v) is 9.54. The fourth-order valence-electron chi connectivity index (χ4n) is 3.89. The van der Waals surface area contributed by atoms with E-state index in [0.717, 1.165) is 12.0 Å². The van der Waals surface area contributed by atoms with Crippen LogP contribution in [-0.2, 0) is 4.79 Å². The average molecular weight is 385 g/mol. The summed E-state index contributed by atoms with van der Waals surface area (Å²) in [6.07, 6.45) is 1.33. The molecule has 1 fully saturated rings. The molecule has 1 aliphatic heterocycles. The Labute approximate surface area is 164 Å². The van der Waals surface area contributed by atoms with Crippen molar-refractivity contribution < 1.29 is 14.3 Å². The smallest absolute Gasteiger partial charge is 0.251 e. The molecule has 0 spiro atoms. The molecule has 1 N–H and O–H groups in total. The van der Waals surface area contributed by atoms with Gasteiger partial charge in [0.1, 0.15) is 5.82 Å². The number of methoxy groups -OCH3 is 2. The minimum absolute atomic E-state index is 0.0225. The molecule has 0 radical (unpaired) electrons. The second-order valence-corrected chi connectivity index (χ2v) is 7.13. The summed E-state index contributed by atoms with van der Waals surface area (Å²) in [7, 11) is 3.20. The van der Waals surface area contributed by atoms with Crippen molar-refractivity contribution >= 4 is 5.91 Å². The number of ether oxygens (including phenoxy) is 2. The van der Waals surface area contributed by atoms with Crippen LogP contribution in [0.2, 0.25) is 0 Å². The topological polar surface area (TPSA) is 84.5 Å². The Morgan fingerprint density at radius 3 is 2.54 bits per heavy atom. The first kappa shape index (κ1) is 19.9. The zero-order valence-electron chi connectivity index (χ0n) is 16.8. The Morgan fingerprint density at radius 2 is 1.89 bits per heavy atom. The maximum Gasteiger partial charge on any atom is 0.251 e. The van der Waals surface area contributed by atoms with E-state index in [4.69, 9.17) is 9.47 Å². The van der Waals surface area contributed by atoms with E-state index >= 15 is 0 Å². The number of aromatic nitrogens is 2. The Hall–Kier alpha value is -2.83. The third-order valence-corrected chi connectivity index (χ3v) is 5.23. The average Bonchev–Trinajstić information content (AvgIpc) is 3.12. The van der Waals surface area contributed by atoms with Crippen LogP contribution in [0.4, 0.5) is 0 Å². The van der Waals surface area contributed by atoms with E-state index in [9.17, 15) is 9.59 Å². The van der Waals surface area contributed by atoms with Gasteiger partial charge in [-0.05, 0) is 31.0 Å². The van der Waals surface area contributed by atoms with Crippen molar-refractivity contribution in [2.75, 3.05) is 27.3 Å². The molecule has 28 heavy (non-hydrogen) atoms. The van der Waals surface area contributed by atoms with Gasteiger partial charge < -0.3 is 19.4 Å². The number of amides is 1. The van der Waals surface area contributed by atoms with Crippen LogP contribution < -0.4 is 15.0 Å². The number of likely N-dealkylation sites (tertiary alicyclic amines) is 1. The highest BCUT2D eigenvalue weighted by atomic mass is 16.5. The van der Waals surface area contributed by atoms with Gasteiger partial charge in [0.2, 0.25) is 5.91 Å². The lowest BCUT2D eigenvalue weighted by Crippen LogP contribution is -2.28. The van der Waals surface area contributed by atoms with E-state index < -0.39 is 0 Å². The number of aryl methyl sites for hydroxylation is 1. The highest BCUT2D eigenvalue weighted by Gasteiger charge is 2.38. The summed E-state index contributed by atoms with van der Waals surface area (Å²) in [5.41, 5.74) is 1.58. The molecular formula is C21H27N3O4. The summed E-state index contributed by atoms with van der Waals surface area (Å²) in [6, 6.07) is 7.36. The Bertz CT molecular complexity index is 909. The molecule has 7 heteroatoms. The maximum atomic E-state index is 12.5. The summed E-state index contributed by atoms with van der Waals surface area (Å²) < 4.78 is 10.8. The van der Waals surface area contributed by atoms with Gasteiger partial charge in [0.15, 0.2) is 11.5 Å². The standard InChI is InChI=1S/C21H27N3O4/c1-5-6-21(26)24-11-15(14-7-8-18(27-3)19(9-14)28-4)16(12-24)17-10-20(25)23-13(2)22-17/h7-10,15-16H,5-6,11-12H2,1-4H3,(H,22,23,25)/t15-,16+/m0/s1. The van der Waals surface area contributed by atoms with Gasteiger partial charge >= 0.3 is 0 Å². The zero-order chi connectivity index (χ0) is 20.3. The van der Waals surface area contributed by atoms with Gasteiger partial charge in [-0.3, -0.25) is 9.59 Å². The van der Waals surface area contributed by atoms with Crippen molar-refractivity contribution in [2.24, 2.45) is 0 Å². The lowest BCUT2D eigenvalue weighted by molar-refractivity contribution is -0.130. The van der Waals surface area contributed by atoms with Gasteiger partial charge in [0, 0.05) is 37.4 Å². The largest absolute Gasteiger partial charge is 0.493 e. The van der Waals surface area contributed by atoms with E-state index in [1.165, 1.54) is 0 Å². The van der Waals surface area contributed by atoms with Gasteiger partial charge in [0.25, 0.3) is 5.56 Å². The Kier molecular flexibility index (Phi) is 6.02. The van der Waals surface area contributed by atoms with Crippen LogP contribution in [0.25, 0.3) is 0 Å². The third kappa shape index (κ3) is 4.03. The lowest BCUT2D eigenvalue weighted by Gasteiger charge is -2.19. The van der Waals surface area contributed by atoms with Crippen molar-refractivity contribution in [1.82, 2.24) is 14.9 Å². The number of benzene rings is 1. The number of hydrogen-bond acceptors (Lipinski definition) is 5. The molecule has 2 heterocycles. The number of carbonyl (C=O) groups excluding carboxylic acids is 1. The number of H-pyrrole nitrogens is 1. The normalized spacial score (nSPS) is 18.9. The van der Waals surface area contributed by atoms with E-state index in [1.807, 2.05) is 30.0 Å². The van der Waals surface area contributed by atoms with Crippen molar-refractivity contribution in [3.8, 4) is 11.5 Å². The monoisotopic (exact) mass is 385 g/mol. The van der Waals surface area contributed by atoms with Crippen molar-refractivity contribution in [3.05, 3.63) is 51.7 Å². The summed E-state index contributed by atoms with van der Waals surface area (Å²) in [6.45, 7) is 4.91. The van der Waals surface area contributed by atoms with Gasteiger partial charge in [-0.2, -0.15) is 0 Å². The van der Waals surface area contributed by atoms with E-state index in [1.54, 1.807) is 27.2 Å². The molecule has 1 aromatic carbocycles. The predicted octanol–water partition coefficient (Wildman–Crippen LogP) is 2.61. The molecule has 0 unspecified atom stereocenters. The second kappa shape index (κ2) is 8.46. The molecule has 2 aromatic rings. The maximum absolute atomic E-state index is 12.5. The summed E-state index contributed by atoms with van der Waals surface area (Å²) in [5, 5.41) is 0. The minimum atomic E-state index is -0.174. The number of carbonyl (C=O) groups is 1. The lowest BCUT2D eigenvalue weighted by atomic mass is 9.86. The highest BCUT2D eigenvalue weighted by Crippen LogP contribution is 2.41. The fraction of sp³-hybridized carbons (Fsp3) is 0.476. The van der Waals surface area contributed by atoms with Gasteiger partial charge in [-0.1, -0.05) is 13.0 Å². The molecule has 1 aliphatic rings. The molecular weight excluding hydrogens is 358 g/mol. The molecule has 2 atom stereocenters. The quantitative estimate of drug-likeness (QED) is 0.826. The third-order valence-electron chi connectivity index (χ3n) is 5.23. The zero-order valence-corrected chi connectivity index (χ0v) is 16.8. The van der Waals surface area contributed by atoms with Crippen LogP contribution >= 0.6 is 0 Å². The van der Waals surface area contributed by atoms with Crippen LogP contribution in [0.1, 0.15) is 48.7 Å². The molecule has 1 amide bonds. The number of nitrogens with one attached hydrogen (secondary N) is 1. The molecule has 3 rings (SSSR count). The van der Waals surface area contributed by atoms with Crippen LogP contribution in [-0.4, -0.2) is 48.1 Å². The highest BCUT2D eigenvalue weighted by molar-refractivity contribution is 5.76. The fourth-order valence-corrected chi connectivity index (χ4v) is 3.89.